The molecular formula is C22H21Cl2F3N2O3. The van der Waals surface area contributed by atoms with Gasteiger partial charge in [-0.1, -0.05) is 53.5 Å². The Hall–Kier alpha value is -2.29. The number of hydrogen-bond donors (Lipinski definition) is 1. The highest BCUT2D eigenvalue weighted by Gasteiger charge is 2.46. The van der Waals surface area contributed by atoms with E-state index < -0.39 is 12.1 Å². The van der Waals surface area contributed by atoms with Crippen molar-refractivity contribution in [1.29, 1.82) is 0 Å². The van der Waals surface area contributed by atoms with Crippen LogP contribution in [0.1, 0.15) is 11.1 Å². The summed E-state index contributed by atoms with van der Waals surface area (Å²) in [4.78, 5) is 25.9. The zero-order chi connectivity index (χ0) is 23.5. The van der Waals surface area contributed by atoms with Crippen molar-refractivity contribution in [2.24, 2.45) is 5.92 Å². The molecule has 0 bridgehead atoms. The molecule has 2 heterocycles. The lowest BCUT2D eigenvalue weighted by atomic mass is 9.91. The molecule has 2 fully saturated rings. The van der Waals surface area contributed by atoms with E-state index in [0.29, 0.717) is 23.4 Å². The Morgan fingerprint density at radius 2 is 1.62 bits per heavy atom. The lowest BCUT2D eigenvalue weighted by Crippen LogP contribution is -2.54. The smallest absolute Gasteiger partial charge is 0.475 e. The van der Waals surface area contributed by atoms with E-state index in [0.717, 1.165) is 42.3 Å². The maximum atomic E-state index is 12.6. The summed E-state index contributed by atoms with van der Waals surface area (Å²) >= 11 is 12.2. The van der Waals surface area contributed by atoms with E-state index in [4.69, 9.17) is 33.1 Å². The molecule has 0 aromatic heterocycles. The SMILES string of the molecule is O=C(Cc1ccc(Cl)cc1)N1CC2CN(Cc3ccccc3Cl)C2C1.O=C(O)C(F)(F)F. The van der Waals surface area contributed by atoms with E-state index in [-0.39, 0.29) is 5.91 Å². The van der Waals surface area contributed by atoms with Gasteiger partial charge in [-0.15, -0.1) is 0 Å². The summed E-state index contributed by atoms with van der Waals surface area (Å²) in [5.41, 5.74) is 2.18. The summed E-state index contributed by atoms with van der Waals surface area (Å²) in [6.45, 7) is 3.60. The molecule has 0 saturated carbocycles. The Morgan fingerprint density at radius 1 is 1.00 bits per heavy atom. The van der Waals surface area contributed by atoms with Crippen molar-refractivity contribution >= 4 is 35.1 Å². The maximum Gasteiger partial charge on any atom is 0.490 e. The number of nitrogens with zero attached hydrogens (tertiary/aromatic N) is 2. The molecule has 172 valence electrons. The highest BCUT2D eigenvalue weighted by atomic mass is 35.5. The zero-order valence-corrected chi connectivity index (χ0v) is 18.4. The van der Waals surface area contributed by atoms with Crippen LogP contribution < -0.4 is 0 Å². The van der Waals surface area contributed by atoms with Gasteiger partial charge < -0.3 is 10.0 Å². The van der Waals surface area contributed by atoms with E-state index >= 15 is 0 Å². The molecule has 2 atom stereocenters. The zero-order valence-electron chi connectivity index (χ0n) is 16.9. The van der Waals surface area contributed by atoms with Gasteiger partial charge in [-0.25, -0.2) is 4.79 Å². The maximum absolute atomic E-state index is 12.6. The number of likely N-dealkylation sites (tertiary alicyclic amines) is 2. The highest BCUT2D eigenvalue weighted by molar-refractivity contribution is 6.31. The second kappa shape index (κ2) is 10.1. The van der Waals surface area contributed by atoms with E-state index in [1.807, 2.05) is 47.4 Å². The second-order valence-corrected chi connectivity index (χ2v) is 8.60. The molecule has 10 heteroatoms. The highest BCUT2D eigenvalue weighted by Crippen LogP contribution is 2.34. The number of carbonyl (C=O) groups excluding carboxylic acids is 1. The van der Waals surface area contributed by atoms with Gasteiger partial charge in [0.25, 0.3) is 0 Å². The van der Waals surface area contributed by atoms with Crippen molar-refractivity contribution < 1.29 is 27.9 Å². The Balaban J connectivity index is 0.000000360. The van der Waals surface area contributed by atoms with Crippen LogP contribution in [0.15, 0.2) is 48.5 Å². The Bertz CT molecular complexity index is 970. The molecule has 32 heavy (non-hydrogen) atoms. The lowest BCUT2D eigenvalue weighted by molar-refractivity contribution is -0.192. The number of carbonyl (C=O) groups is 2. The number of benzene rings is 2. The number of amides is 1. The van der Waals surface area contributed by atoms with Gasteiger partial charge in [0.05, 0.1) is 6.42 Å². The van der Waals surface area contributed by atoms with Gasteiger partial charge in [0.2, 0.25) is 5.91 Å². The molecule has 0 spiro atoms. The van der Waals surface area contributed by atoms with Crippen molar-refractivity contribution in [2.45, 2.75) is 25.2 Å². The number of aliphatic carboxylic acids is 1. The third-order valence-corrected chi connectivity index (χ3v) is 6.16. The van der Waals surface area contributed by atoms with Gasteiger partial charge in [-0.3, -0.25) is 9.69 Å². The number of alkyl halides is 3. The Kier molecular flexibility index (Phi) is 7.69. The average Bonchev–Trinajstić information content (AvgIpc) is 3.06. The molecule has 2 aromatic carbocycles. The van der Waals surface area contributed by atoms with Crippen molar-refractivity contribution in [1.82, 2.24) is 9.80 Å². The molecule has 5 nitrogen and oxygen atoms in total. The van der Waals surface area contributed by atoms with Gasteiger partial charge in [-0.2, -0.15) is 13.2 Å². The molecule has 0 aliphatic carbocycles. The first-order valence-corrected chi connectivity index (χ1v) is 10.6. The molecule has 2 unspecified atom stereocenters. The van der Waals surface area contributed by atoms with E-state index in [1.54, 1.807) is 0 Å². The molecule has 2 aromatic rings. The lowest BCUT2D eigenvalue weighted by Gasteiger charge is -2.43. The summed E-state index contributed by atoms with van der Waals surface area (Å²) < 4.78 is 31.7. The van der Waals surface area contributed by atoms with Crippen LogP contribution in [0.3, 0.4) is 0 Å². The predicted molar refractivity (Wildman–Crippen MR) is 115 cm³/mol. The van der Waals surface area contributed by atoms with Crippen LogP contribution in [0, 0.1) is 5.92 Å². The minimum Gasteiger partial charge on any atom is -0.475 e. The summed E-state index contributed by atoms with van der Waals surface area (Å²) in [6, 6.07) is 16.0. The average molecular weight is 489 g/mol. The summed E-state index contributed by atoms with van der Waals surface area (Å²) in [5.74, 6) is -1.96. The Labute approximate surface area is 193 Å². The van der Waals surface area contributed by atoms with Crippen LogP contribution in [-0.2, 0) is 22.6 Å². The summed E-state index contributed by atoms with van der Waals surface area (Å²) in [7, 11) is 0. The molecule has 0 radical (unpaired) electrons. The second-order valence-electron chi connectivity index (χ2n) is 7.75. The number of halogens is 5. The minimum absolute atomic E-state index is 0.203. The molecule has 1 N–H and O–H groups in total. The first-order valence-electron chi connectivity index (χ1n) is 9.84. The molecule has 2 aliphatic heterocycles. The fourth-order valence-electron chi connectivity index (χ4n) is 3.87. The third kappa shape index (κ3) is 6.15. The fourth-order valence-corrected chi connectivity index (χ4v) is 4.19. The first kappa shape index (κ1) is 24.4. The molecule has 2 saturated heterocycles. The van der Waals surface area contributed by atoms with Gasteiger partial charge in [0, 0.05) is 48.2 Å². The van der Waals surface area contributed by atoms with Gasteiger partial charge in [-0.05, 0) is 29.3 Å². The van der Waals surface area contributed by atoms with E-state index in [1.165, 1.54) is 0 Å². The van der Waals surface area contributed by atoms with Gasteiger partial charge in [0.15, 0.2) is 0 Å². The number of carboxylic acid groups (broad SMARTS) is 1. The number of carboxylic acids is 1. The van der Waals surface area contributed by atoms with E-state index in [2.05, 4.69) is 11.0 Å². The van der Waals surface area contributed by atoms with Crippen molar-refractivity contribution in [3.05, 3.63) is 69.7 Å². The number of fused-ring (bicyclic) bond motifs is 1. The van der Waals surface area contributed by atoms with Crippen molar-refractivity contribution in [3.63, 3.8) is 0 Å². The molecule has 1 amide bonds. The number of hydrogen-bond acceptors (Lipinski definition) is 3. The van der Waals surface area contributed by atoms with Crippen LogP contribution in [0.2, 0.25) is 10.0 Å². The van der Waals surface area contributed by atoms with Gasteiger partial charge in [0.1, 0.15) is 0 Å². The van der Waals surface area contributed by atoms with Crippen molar-refractivity contribution in [2.75, 3.05) is 19.6 Å². The van der Waals surface area contributed by atoms with Crippen LogP contribution >= 0.6 is 23.2 Å². The van der Waals surface area contributed by atoms with E-state index in [9.17, 15) is 18.0 Å². The monoisotopic (exact) mass is 488 g/mol. The standard InChI is InChI=1S/C20H20Cl2N2O.C2HF3O2/c21-17-7-5-14(6-8-17)9-20(25)24-12-16-11-23(19(16)13-24)10-15-3-1-2-4-18(15)22;3-2(4,5)1(6)7/h1-8,16,19H,9-13H2;(H,6,7). The van der Waals surface area contributed by atoms with Crippen LogP contribution in [-0.4, -0.2) is 58.6 Å². The van der Waals surface area contributed by atoms with Crippen LogP contribution in [0.5, 0.6) is 0 Å². The molecular weight excluding hydrogens is 468 g/mol. The first-order chi connectivity index (χ1) is 15.0. The quantitative estimate of drug-likeness (QED) is 0.687. The predicted octanol–water partition coefficient (Wildman–Crippen LogP) is 4.51. The number of rotatable bonds is 4. The third-order valence-electron chi connectivity index (χ3n) is 5.54. The van der Waals surface area contributed by atoms with Crippen molar-refractivity contribution in [3.8, 4) is 0 Å². The largest absolute Gasteiger partial charge is 0.490 e. The molecule has 2 aliphatic rings. The summed E-state index contributed by atoms with van der Waals surface area (Å²) in [6.07, 6.45) is -4.64. The fraction of sp³-hybridized carbons (Fsp3) is 0.364. The topological polar surface area (TPSA) is 60.9 Å². The normalized spacial score (nSPS) is 20.1. The summed E-state index contributed by atoms with van der Waals surface area (Å²) in [5, 5.41) is 8.64. The minimum atomic E-state index is -5.08. The Morgan fingerprint density at radius 3 is 2.22 bits per heavy atom. The van der Waals surface area contributed by atoms with Gasteiger partial charge >= 0.3 is 12.1 Å². The van der Waals surface area contributed by atoms with Crippen LogP contribution in [0.25, 0.3) is 0 Å². The van der Waals surface area contributed by atoms with Crippen LogP contribution in [0.4, 0.5) is 13.2 Å². The molecule has 4 rings (SSSR count).